The van der Waals surface area contributed by atoms with E-state index in [1.165, 1.54) is 12.8 Å². The molecular formula is C20H24ClN3O. The van der Waals surface area contributed by atoms with Gasteiger partial charge >= 0.3 is 0 Å². The predicted molar refractivity (Wildman–Crippen MR) is 106 cm³/mol. The maximum absolute atomic E-state index is 12.5. The van der Waals surface area contributed by atoms with E-state index in [0.717, 1.165) is 24.3 Å². The Labute approximate surface area is 154 Å². The van der Waals surface area contributed by atoms with Gasteiger partial charge in [0.25, 0.3) is 5.91 Å². The number of anilines is 3. The third-order valence-electron chi connectivity index (χ3n) is 4.73. The lowest BCUT2D eigenvalue weighted by Gasteiger charge is -2.34. The number of hydrogen-bond donors (Lipinski definition) is 2. The second-order valence-corrected chi connectivity index (χ2v) is 7.26. The van der Waals surface area contributed by atoms with Gasteiger partial charge in [-0.15, -0.1) is 0 Å². The van der Waals surface area contributed by atoms with Gasteiger partial charge in [0.15, 0.2) is 0 Å². The van der Waals surface area contributed by atoms with Gasteiger partial charge in [-0.1, -0.05) is 30.7 Å². The lowest BCUT2D eigenvalue weighted by atomic mass is 9.98. The Morgan fingerprint density at radius 2 is 2.08 bits per heavy atom. The molecule has 25 heavy (non-hydrogen) atoms. The average molecular weight is 358 g/mol. The second-order valence-electron chi connectivity index (χ2n) is 6.85. The Morgan fingerprint density at radius 3 is 2.80 bits per heavy atom. The predicted octanol–water partition coefficient (Wildman–Crippen LogP) is 4.72. The topological polar surface area (TPSA) is 58.4 Å². The van der Waals surface area contributed by atoms with E-state index in [4.69, 9.17) is 17.3 Å². The van der Waals surface area contributed by atoms with E-state index in [-0.39, 0.29) is 5.91 Å². The smallest absolute Gasteiger partial charge is 0.257 e. The molecule has 2 aromatic rings. The molecule has 1 aliphatic rings. The molecule has 3 N–H and O–H groups in total. The van der Waals surface area contributed by atoms with E-state index in [1.54, 1.807) is 24.3 Å². The molecule has 0 bridgehead atoms. The van der Waals surface area contributed by atoms with Crippen LogP contribution in [0.1, 0.15) is 35.7 Å². The van der Waals surface area contributed by atoms with E-state index in [1.807, 2.05) is 12.1 Å². The van der Waals surface area contributed by atoms with Crippen LogP contribution in [-0.2, 0) is 0 Å². The molecule has 132 valence electrons. The SMILES string of the molecule is Cc1cc(N)c(NC(=O)c2ccccc2Cl)cc1N1CCCC(C)C1. The Kier molecular flexibility index (Phi) is 5.19. The molecule has 0 spiro atoms. The van der Waals surface area contributed by atoms with Gasteiger partial charge in [0.2, 0.25) is 0 Å². The number of nitrogens with two attached hydrogens (primary N) is 1. The first kappa shape index (κ1) is 17.6. The van der Waals surface area contributed by atoms with Crippen LogP contribution >= 0.6 is 11.6 Å². The van der Waals surface area contributed by atoms with Gasteiger partial charge in [-0.2, -0.15) is 0 Å². The summed E-state index contributed by atoms with van der Waals surface area (Å²) in [6.07, 6.45) is 2.45. The van der Waals surface area contributed by atoms with Crippen LogP contribution in [0.5, 0.6) is 0 Å². The first-order chi connectivity index (χ1) is 12.0. The molecule has 1 fully saturated rings. The van der Waals surface area contributed by atoms with Gasteiger partial charge < -0.3 is 16.0 Å². The van der Waals surface area contributed by atoms with Gasteiger partial charge in [0.05, 0.1) is 22.0 Å². The summed E-state index contributed by atoms with van der Waals surface area (Å²) >= 11 is 6.12. The van der Waals surface area contributed by atoms with E-state index in [2.05, 4.69) is 24.1 Å². The molecule has 3 rings (SSSR count). The number of amides is 1. The van der Waals surface area contributed by atoms with E-state index >= 15 is 0 Å². The van der Waals surface area contributed by atoms with Crippen LogP contribution < -0.4 is 16.0 Å². The highest BCUT2D eigenvalue weighted by atomic mass is 35.5. The molecule has 0 aliphatic carbocycles. The van der Waals surface area contributed by atoms with Gasteiger partial charge in [0, 0.05) is 18.8 Å². The maximum Gasteiger partial charge on any atom is 0.257 e. The fraction of sp³-hybridized carbons (Fsp3) is 0.350. The third-order valence-corrected chi connectivity index (χ3v) is 5.06. The maximum atomic E-state index is 12.5. The van der Waals surface area contributed by atoms with Crippen molar-refractivity contribution in [2.75, 3.05) is 29.0 Å². The molecule has 1 amide bonds. The number of aryl methyl sites for hydroxylation is 1. The number of piperidine rings is 1. The van der Waals surface area contributed by atoms with Crippen LogP contribution in [0.3, 0.4) is 0 Å². The van der Waals surface area contributed by atoms with Crippen LogP contribution in [0.2, 0.25) is 5.02 Å². The van der Waals surface area contributed by atoms with E-state index in [0.29, 0.717) is 27.9 Å². The van der Waals surface area contributed by atoms with Gasteiger partial charge in [-0.25, -0.2) is 0 Å². The highest BCUT2D eigenvalue weighted by Gasteiger charge is 2.20. The van der Waals surface area contributed by atoms with Crippen molar-refractivity contribution in [3.63, 3.8) is 0 Å². The van der Waals surface area contributed by atoms with Crippen LogP contribution in [0, 0.1) is 12.8 Å². The van der Waals surface area contributed by atoms with E-state index in [9.17, 15) is 4.79 Å². The summed E-state index contributed by atoms with van der Waals surface area (Å²) in [5.41, 5.74) is 10.0. The molecule has 0 aromatic heterocycles. The Hall–Kier alpha value is -2.20. The number of nitrogen functional groups attached to an aromatic ring is 1. The highest BCUT2D eigenvalue weighted by Crippen LogP contribution is 2.33. The van der Waals surface area contributed by atoms with Crippen LogP contribution in [0.25, 0.3) is 0 Å². The zero-order chi connectivity index (χ0) is 18.0. The standard InChI is InChI=1S/C20H24ClN3O/c1-13-6-5-9-24(12-13)19-11-18(17(22)10-14(19)2)23-20(25)15-7-3-4-8-16(15)21/h3-4,7-8,10-11,13H,5-6,9,12,22H2,1-2H3,(H,23,25). The molecule has 0 saturated carbocycles. The van der Waals surface area contributed by atoms with E-state index < -0.39 is 0 Å². The molecule has 1 heterocycles. The van der Waals surface area contributed by atoms with Crippen molar-refractivity contribution >= 4 is 34.6 Å². The normalized spacial score (nSPS) is 17.4. The van der Waals surface area contributed by atoms with Crippen LogP contribution in [-0.4, -0.2) is 19.0 Å². The van der Waals surface area contributed by atoms with Crippen LogP contribution in [0.4, 0.5) is 17.1 Å². The molecule has 0 radical (unpaired) electrons. The molecular weight excluding hydrogens is 334 g/mol. The average Bonchev–Trinajstić information content (AvgIpc) is 2.57. The number of nitrogens with one attached hydrogen (secondary N) is 1. The quantitative estimate of drug-likeness (QED) is 0.781. The minimum absolute atomic E-state index is 0.251. The van der Waals surface area contributed by atoms with Crippen molar-refractivity contribution in [1.82, 2.24) is 0 Å². The van der Waals surface area contributed by atoms with Gasteiger partial charge in [0.1, 0.15) is 0 Å². The van der Waals surface area contributed by atoms with Crippen molar-refractivity contribution < 1.29 is 4.79 Å². The molecule has 4 nitrogen and oxygen atoms in total. The molecule has 1 saturated heterocycles. The lowest BCUT2D eigenvalue weighted by Crippen LogP contribution is -2.34. The summed E-state index contributed by atoms with van der Waals surface area (Å²) in [6, 6.07) is 10.9. The highest BCUT2D eigenvalue weighted by molar-refractivity contribution is 6.34. The largest absolute Gasteiger partial charge is 0.397 e. The fourth-order valence-corrected chi connectivity index (χ4v) is 3.63. The third kappa shape index (κ3) is 3.90. The Balaban J connectivity index is 1.88. The summed E-state index contributed by atoms with van der Waals surface area (Å²) in [5, 5.41) is 3.34. The van der Waals surface area contributed by atoms with Gasteiger partial charge in [-0.3, -0.25) is 4.79 Å². The van der Waals surface area contributed by atoms with Crippen molar-refractivity contribution in [3.8, 4) is 0 Å². The summed E-state index contributed by atoms with van der Waals surface area (Å²) in [7, 11) is 0. The number of nitrogens with zero attached hydrogens (tertiary/aromatic N) is 1. The number of halogens is 1. The molecule has 1 atom stereocenters. The summed E-state index contributed by atoms with van der Waals surface area (Å²) in [5.74, 6) is 0.422. The number of benzene rings is 2. The summed E-state index contributed by atoms with van der Waals surface area (Å²) < 4.78 is 0. The summed E-state index contributed by atoms with van der Waals surface area (Å²) in [6.45, 7) is 6.40. The monoisotopic (exact) mass is 357 g/mol. The Bertz CT molecular complexity index is 791. The minimum atomic E-state index is -0.251. The summed E-state index contributed by atoms with van der Waals surface area (Å²) in [4.78, 5) is 14.9. The minimum Gasteiger partial charge on any atom is -0.397 e. The Morgan fingerprint density at radius 1 is 1.32 bits per heavy atom. The van der Waals surface area contributed by atoms with Crippen molar-refractivity contribution in [3.05, 3.63) is 52.5 Å². The lowest BCUT2D eigenvalue weighted by molar-refractivity contribution is 0.102. The number of rotatable bonds is 3. The number of hydrogen-bond acceptors (Lipinski definition) is 3. The molecule has 2 aromatic carbocycles. The van der Waals surface area contributed by atoms with Crippen molar-refractivity contribution in [2.24, 2.45) is 5.92 Å². The van der Waals surface area contributed by atoms with Crippen molar-refractivity contribution in [2.45, 2.75) is 26.7 Å². The number of carbonyl (C=O) groups excluding carboxylic acids is 1. The molecule has 5 heteroatoms. The van der Waals surface area contributed by atoms with Crippen LogP contribution in [0.15, 0.2) is 36.4 Å². The number of carbonyl (C=O) groups is 1. The second kappa shape index (κ2) is 7.36. The first-order valence-electron chi connectivity index (χ1n) is 8.66. The van der Waals surface area contributed by atoms with Crippen molar-refractivity contribution in [1.29, 1.82) is 0 Å². The zero-order valence-electron chi connectivity index (χ0n) is 14.7. The zero-order valence-corrected chi connectivity index (χ0v) is 15.4. The first-order valence-corrected chi connectivity index (χ1v) is 9.04. The molecule has 1 unspecified atom stereocenters. The molecule has 1 aliphatic heterocycles. The fourth-order valence-electron chi connectivity index (χ4n) is 3.41. The van der Waals surface area contributed by atoms with Gasteiger partial charge in [-0.05, 0) is 55.5 Å².